The zero-order valence-corrected chi connectivity index (χ0v) is 12.7. The molecule has 1 unspecified atom stereocenters. The zero-order valence-electron chi connectivity index (χ0n) is 12.7. The molecule has 1 aliphatic heterocycles. The van der Waals surface area contributed by atoms with Crippen LogP contribution < -0.4 is 5.32 Å². The molecule has 1 aliphatic rings. The Hall–Kier alpha value is -0.930. The van der Waals surface area contributed by atoms with Gasteiger partial charge in [-0.1, -0.05) is 32.0 Å². The summed E-state index contributed by atoms with van der Waals surface area (Å²) in [5.41, 5.74) is 0.838. The Morgan fingerprint density at radius 1 is 1.35 bits per heavy atom. The molecule has 1 aromatic rings. The van der Waals surface area contributed by atoms with Crippen molar-refractivity contribution in [2.45, 2.75) is 39.2 Å². The van der Waals surface area contributed by atoms with Gasteiger partial charge in [-0.15, -0.1) is 0 Å². The summed E-state index contributed by atoms with van der Waals surface area (Å²) in [6.45, 7) is 8.82. The lowest BCUT2D eigenvalue weighted by Crippen LogP contribution is -2.39. The van der Waals surface area contributed by atoms with Crippen LogP contribution in [0.2, 0.25) is 0 Å². The Kier molecular flexibility index (Phi) is 5.99. The summed E-state index contributed by atoms with van der Waals surface area (Å²) in [6.07, 6.45) is 3.21. The molecular formula is C17H27FN2. The largest absolute Gasteiger partial charge is 0.313 e. The van der Waals surface area contributed by atoms with E-state index >= 15 is 0 Å². The molecule has 1 N–H and O–H groups in total. The van der Waals surface area contributed by atoms with E-state index in [1.165, 1.54) is 12.8 Å². The summed E-state index contributed by atoms with van der Waals surface area (Å²) < 4.78 is 13.6. The molecule has 112 valence electrons. The van der Waals surface area contributed by atoms with Gasteiger partial charge in [0.1, 0.15) is 5.82 Å². The van der Waals surface area contributed by atoms with E-state index in [2.05, 4.69) is 24.1 Å². The predicted octanol–water partition coefficient (Wildman–Crippen LogP) is 3.08. The molecule has 3 heteroatoms. The second kappa shape index (κ2) is 7.75. The molecule has 2 rings (SSSR count). The number of halogens is 1. The average Bonchev–Trinajstić information content (AvgIpc) is 2.62. The maximum Gasteiger partial charge on any atom is 0.126 e. The van der Waals surface area contributed by atoms with Crippen molar-refractivity contribution in [2.24, 2.45) is 5.92 Å². The maximum absolute atomic E-state index is 13.6. The third-order valence-corrected chi connectivity index (χ3v) is 3.97. The summed E-state index contributed by atoms with van der Waals surface area (Å²) in [5.74, 6) is 0.651. The van der Waals surface area contributed by atoms with Crippen LogP contribution in [0.25, 0.3) is 0 Å². The SMILES string of the molecule is CC(C)CC1CN(CCc2ccccc2F)CCCN1. The molecule has 1 atom stereocenters. The molecule has 0 aromatic heterocycles. The highest BCUT2D eigenvalue weighted by molar-refractivity contribution is 5.17. The van der Waals surface area contributed by atoms with Crippen molar-refractivity contribution in [1.29, 1.82) is 0 Å². The van der Waals surface area contributed by atoms with E-state index in [-0.39, 0.29) is 5.82 Å². The van der Waals surface area contributed by atoms with Crippen LogP contribution in [0, 0.1) is 11.7 Å². The first-order valence-electron chi connectivity index (χ1n) is 7.84. The summed E-state index contributed by atoms with van der Waals surface area (Å²) in [4.78, 5) is 2.49. The lowest BCUT2D eigenvalue weighted by Gasteiger charge is -2.25. The second-order valence-electron chi connectivity index (χ2n) is 6.28. The normalized spacial score (nSPS) is 21.1. The van der Waals surface area contributed by atoms with Gasteiger partial charge in [-0.3, -0.25) is 0 Å². The number of hydrogen-bond acceptors (Lipinski definition) is 2. The van der Waals surface area contributed by atoms with Crippen molar-refractivity contribution in [3.8, 4) is 0 Å². The fourth-order valence-electron chi connectivity index (χ4n) is 2.99. The van der Waals surface area contributed by atoms with Crippen LogP contribution in [-0.2, 0) is 6.42 Å². The second-order valence-corrected chi connectivity index (χ2v) is 6.28. The molecule has 1 heterocycles. The molecule has 0 radical (unpaired) electrons. The summed E-state index contributed by atoms with van der Waals surface area (Å²) >= 11 is 0. The molecule has 20 heavy (non-hydrogen) atoms. The van der Waals surface area contributed by atoms with Gasteiger partial charge < -0.3 is 10.2 Å². The fourth-order valence-corrected chi connectivity index (χ4v) is 2.99. The van der Waals surface area contributed by atoms with E-state index in [4.69, 9.17) is 0 Å². The topological polar surface area (TPSA) is 15.3 Å². The van der Waals surface area contributed by atoms with E-state index in [9.17, 15) is 4.39 Å². The fraction of sp³-hybridized carbons (Fsp3) is 0.647. The zero-order chi connectivity index (χ0) is 14.4. The predicted molar refractivity (Wildman–Crippen MR) is 82.4 cm³/mol. The first-order valence-corrected chi connectivity index (χ1v) is 7.84. The minimum absolute atomic E-state index is 0.0702. The van der Waals surface area contributed by atoms with Crippen molar-refractivity contribution < 1.29 is 4.39 Å². The molecular weight excluding hydrogens is 251 g/mol. The van der Waals surface area contributed by atoms with Crippen molar-refractivity contribution in [2.75, 3.05) is 26.2 Å². The van der Waals surface area contributed by atoms with Crippen LogP contribution >= 0.6 is 0 Å². The van der Waals surface area contributed by atoms with Gasteiger partial charge in [0.25, 0.3) is 0 Å². The van der Waals surface area contributed by atoms with E-state index < -0.39 is 0 Å². The molecule has 1 saturated heterocycles. The van der Waals surface area contributed by atoms with E-state index in [0.717, 1.165) is 44.1 Å². The van der Waals surface area contributed by atoms with Gasteiger partial charge in [0.15, 0.2) is 0 Å². The molecule has 0 spiro atoms. The minimum atomic E-state index is -0.0702. The lowest BCUT2D eigenvalue weighted by atomic mass is 10.0. The Balaban J connectivity index is 1.86. The third-order valence-electron chi connectivity index (χ3n) is 3.97. The Bertz CT molecular complexity index is 406. The minimum Gasteiger partial charge on any atom is -0.313 e. The third kappa shape index (κ3) is 4.88. The lowest BCUT2D eigenvalue weighted by molar-refractivity contribution is 0.257. The highest BCUT2D eigenvalue weighted by Gasteiger charge is 2.18. The smallest absolute Gasteiger partial charge is 0.126 e. The van der Waals surface area contributed by atoms with Gasteiger partial charge in [-0.25, -0.2) is 4.39 Å². The average molecular weight is 278 g/mol. The number of benzene rings is 1. The van der Waals surface area contributed by atoms with Crippen molar-refractivity contribution in [1.82, 2.24) is 10.2 Å². The number of nitrogens with one attached hydrogen (secondary N) is 1. The van der Waals surface area contributed by atoms with Gasteiger partial charge >= 0.3 is 0 Å². The van der Waals surface area contributed by atoms with Crippen molar-refractivity contribution in [3.63, 3.8) is 0 Å². The van der Waals surface area contributed by atoms with Gasteiger partial charge in [0, 0.05) is 19.1 Å². The molecule has 0 amide bonds. The number of hydrogen-bond donors (Lipinski definition) is 1. The Morgan fingerprint density at radius 3 is 2.90 bits per heavy atom. The van der Waals surface area contributed by atoms with Crippen LogP contribution in [0.4, 0.5) is 4.39 Å². The summed E-state index contributed by atoms with van der Waals surface area (Å²) in [7, 11) is 0. The van der Waals surface area contributed by atoms with E-state index in [1.807, 2.05) is 12.1 Å². The van der Waals surface area contributed by atoms with Crippen LogP contribution in [0.5, 0.6) is 0 Å². The molecule has 0 aliphatic carbocycles. The van der Waals surface area contributed by atoms with Crippen molar-refractivity contribution >= 4 is 0 Å². The molecule has 0 saturated carbocycles. The van der Waals surface area contributed by atoms with Crippen molar-refractivity contribution in [3.05, 3.63) is 35.6 Å². The standard InChI is InChI=1S/C17H27FN2/c1-14(2)12-16-13-20(10-5-9-19-16)11-8-15-6-3-4-7-17(15)18/h3-4,6-7,14,16,19H,5,8-13H2,1-2H3. The molecule has 1 aromatic carbocycles. The quantitative estimate of drug-likeness (QED) is 0.890. The molecule has 1 fully saturated rings. The van der Waals surface area contributed by atoms with Crippen LogP contribution in [0.1, 0.15) is 32.3 Å². The number of rotatable bonds is 5. The number of nitrogens with zero attached hydrogens (tertiary/aromatic N) is 1. The van der Waals surface area contributed by atoms with Gasteiger partial charge in [-0.05, 0) is 49.9 Å². The molecule has 0 bridgehead atoms. The van der Waals surface area contributed by atoms with E-state index in [0.29, 0.717) is 6.04 Å². The monoisotopic (exact) mass is 278 g/mol. The van der Waals surface area contributed by atoms with Gasteiger partial charge in [-0.2, -0.15) is 0 Å². The highest BCUT2D eigenvalue weighted by atomic mass is 19.1. The summed E-state index contributed by atoms with van der Waals surface area (Å²) in [6, 6.07) is 7.72. The maximum atomic E-state index is 13.6. The first kappa shape index (κ1) is 15.5. The van der Waals surface area contributed by atoms with E-state index in [1.54, 1.807) is 12.1 Å². The highest BCUT2D eigenvalue weighted by Crippen LogP contribution is 2.12. The first-order chi connectivity index (χ1) is 9.65. The van der Waals surface area contributed by atoms with Gasteiger partial charge in [0.05, 0.1) is 0 Å². The Labute approximate surface area is 122 Å². The molecule has 2 nitrogen and oxygen atoms in total. The Morgan fingerprint density at radius 2 is 2.15 bits per heavy atom. The van der Waals surface area contributed by atoms with Crippen LogP contribution in [0.15, 0.2) is 24.3 Å². The summed E-state index contributed by atoms with van der Waals surface area (Å²) in [5, 5.41) is 3.64. The van der Waals surface area contributed by atoms with Crippen LogP contribution in [0.3, 0.4) is 0 Å². The van der Waals surface area contributed by atoms with Gasteiger partial charge in [0.2, 0.25) is 0 Å². The van der Waals surface area contributed by atoms with Crippen LogP contribution in [-0.4, -0.2) is 37.1 Å².